The number of benzene rings is 2. The molecule has 0 fully saturated rings. The number of anilines is 1. The van der Waals surface area contributed by atoms with E-state index in [0.29, 0.717) is 16.5 Å². The molecular weight excluding hydrogens is 284 g/mol. The van der Waals surface area contributed by atoms with Crippen LogP contribution >= 0.6 is 11.6 Å². The van der Waals surface area contributed by atoms with Crippen molar-refractivity contribution in [2.75, 3.05) is 12.4 Å². The third kappa shape index (κ3) is 3.02. The Labute approximate surface area is 121 Å². The smallest absolute Gasteiger partial charge is 0.164 e. The molecule has 0 heterocycles. The number of nitrogens with one attached hydrogen (secondary N) is 1. The maximum Gasteiger partial charge on any atom is 0.164 e. The van der Waals surface area contributed by atoms with Crippen LogP contribution in [0.15, 0.2) is 36.4 Å². The molecule has 1 N–H and O–H groups in total. The number of hydrogen-bond acceptors (Lipinski definition) is 2. The SMILES string of the molecule is COc1ccc(Cl)c(NC(C)c2cccc(F)c2F)c1. The molecule has 0 spiro atoms. The fraction of sp³-hybridized carbons (Fsp3) is 0.200. The number of halogens is 3. The van der Waals surface area contributed by atoms with E-state index >= 15 is 0 Å². The van der Waals surface area contributed by atoms with Gasteiger partial charge in [-0.15, -0.1) is 0 Å². The van der Waals surface area contributed by atoms with E-state index in [1.807, 2.05) is 0 Å². The molecule has 20 heavy (non-hydrogen) atoms. The molecule has 0 aliphatic carbocycles. The molecule has 0 saturated heterocycles. The fourth-order valence-corrected chi connectivity index (χ4v) is 2.08. The van der Waals surface area contributed by atoms with Gasteiger partial charge in [0.25, 0.3) is 0 Å². The minimum atomic E-state index is -0.868. The summed E-state index contributed by atoms with van der Waals surface area (Å²) < 4.78 is 32.1. The Hall–Kier alpha value is -1.81. The minimum absolute atomic E-state index is 0.240. The van der Waals surface area contributed by atoms with Gasteiger partial charge in [-0.25, -0.2) is 8.78 Å². The first-order chi connectivity index (χ1) is 9.52. The standard InChI is InChI=1S/C15H14ClF2NO/c1-9(11-4-3-5-13(17)15(11)18)19-14-8-10(20-2)6-7-12(14)16/h3-9,19H,1-2H3. The zero-order chi connectivity index (χ0) is 14.7. The molecule has 0 aromatic heterocycles. The van der Waals surface area contributed by atoms with Crippen LogP contribution in [0.2, 0.25) is 5.02 Å². The van der Waals surface area contributed by atoms with E-state index in [1.165, 1.54) is 12.1 Å². The summed E-state index contributed by atoms with van der Waals surface area (Å²) in [4.78, 5) is 0. The Morgan fingerprint density at radius 1 is 1.20 bits per heavy atom. The van der Waals surface area contributed by atoms with Gasteiger partial charge in [-0.3, -0.25) is 0 Å². The number of methoxy groups -OCH3 is 1. The van der Waals surface area contributed by atoms with E-state index in [2.05, 4.69) is 5.32 Å². The van der Waals surface area contributed by atoms with Gasteiger partial charge >= 0.3 is 0 Å². The van der Waals surface area contributed by atoms with E-state index < -0.39 is 17.7 Å². The Bertz CT molecular complexity index is 619. The zero-order valence-corrected chi connectivity index (χ0v) is 11.8. The van der Waals surface area contributed by atoms with Gasteiger partial charge < -0.3 is 10.1 Å². The van der Waals surface area contributed by atoms with Crippen LogP contribution in [0.5, 0.6) is 5.75 Å². The lowest BCUT2D eigenvalue weighted by Gasteiger charge is -2.18. The van der Waals surface area contributed by atoms with Crippen molar-refractivity contribution in [3.05, 3.63) is 58.6 Å². The van der Waals surface area contributed by atoms with Crippen molar-refractivity contribution in [2.24, 2.45) is 0 Å². The second kappa shape index (κ2) is 6.09. The van der Waals surface area contributed by atoms with Crippen molar-refractivity contribution in [1.82, 2.24) is 0 Å². The van der Waals surface area contributed by atoms with Crippen LogP contribution in [0.3, 0.4) is 0 Å². The van der Waals surface area contributed by atoms with Gasteiger partial charge in [-0.1, -0.05) is 23.7 Å². The average Bonchev–Trinajstić information content (AvgIpc) is 2.44. The Kier molecular flexibility index (Phi) is 4.45. The predicted octanol–water partition coefficient (Wildman–Crippen LogP) is 4.80. The molecule has 2 aromatic carbocycles. The van der Waals surface area contributed by atoms with Crippen LogP contribution in [-0.2, 0) is 0 Å². The summed E-state index contributed by atoms with van der Waals surface area (Å²) in [6.07, 6.45) is 0. The fourth-order valence-electron chi connectivity index (χ4n) is 1.91. The summed E-state index contributed by atoms with van der Waals surface area (Å²) in [6.45, 7) is 1.73. The molecule has 106 valence electrons. The first kappa shape index (κ1) is 14.6. The van der Waals surface area contributed by atoms with Crippen molar-refractivity contribution in [2.45, 2.75) is 13.0 Å². The third-order valence-electron chi connectivity index (χ3n) is 2.99. The third-order valence-corrected chi connectivity index (χ3v) is 3.32. The van der Waals surface area contributed by atoms with Crippen LogP contribution in [0.4, 0.5) is 14.5 Å². The van der Waals surface area contributed by atoms with Crippen molar-refractivity contribution in [3.8, 4) is 5.75 Å². The molecule has 1 unspecified atom stereocenters. The van der Waals surface area contributed by atoms with Crippen LogP contribution in [0.1, 0.15) is 18.5 Å². The molecule has 2 nitrogen and oxygen atoms in total. The van der Waals surface area contributed by atoms with Crippen molar-refractivity contribution in [3.63, 3.8) is 0 Å². The monoisotopic (exact) mass is 297 g/mol. The van der Waals surface area contributed by atoms with Gasteiger partial charge in [0, 0.05) is 11.6 Å². The number of ether oxygens (including phenoxy) is 1. The Balaban J connectivity index is 2.27. The van der Waals surface area contributed by atoms with Crippen molar-refractivity contribution in [1.29, 1.82) is 0 Å². The molecule has 0 aliphatic rings. The van der Waals surface area contributed by atoms with Crippen LogP contribution in [0.25, 0.3) is 0 Å². The van der Waals surface area contributed by atoms with Gasteiger partial charge in [-0.05, 0) is 25.1 Å². The summed E-state index contributed by atoms with van der Waals surface area (Å²) in [5.74, 6) is -1.09. The minimum Gasteiger partial charge on any atom is -0.497 e. The maximum atomic E-state index is 13.7. The maximum absolute atomic E-state index is 13.7. The first-order valence-corrected chi connectivity index (χ1v) is 6.44. The lowest BCUT2D eigenvalue weighted by molar-refractivity contribution is 0.415. The lowest BCUT2D eigenvalue weighted by atomic mass is 10.1. The highest BCUT2D eigenvalue weighted by Crippen LogP contribution is 2.30. The van der Waals surface area contributed by atoms with Gasteiger partial charge in [0.05, 0.1) is 23.9 Å². The molecule has 1 atom stereocenters. The summed E-state index contributed by atoms with van der Waals surface area (Å²) in [6, 6.07) is 8.76. The zero-order valence-electron chi connectivity index (χ0n) is 11.1. The first-order valence-electron chi connectivity index (χ1n) is 6.07. The Morgan fingerprint density at radius 3 is 2.65 bits per heavy atom. The molecule has 0 amide bonds. The van der Waals surface area contributed by atoms with Crippen LogP contribution in [0, 0.1) is 11.6 Å². The number of hydrogen-bond donors (Lipinski definition) is 1. The van der Waals surface area contributed by atoms with Gasteiger partial charge in [0.15, 0.2) is 11.6 Å². The molecule has 0 saturated carbocycles. The van der Waals surface area contributed by atoms with E-state index in [-0.39, 0.29) is 5.56 Å². The summed E-state index contributed by atoms with van der Waals surface area (Å²) >= 11 is 6.07. The van der Waals surface area contributed by atoms with Crippen molar-refractivity contribution >= 4 is 17.3 Å². The number of rotatable bonds is 4. The highest BCUT2D eigenvalue weighted by molar-refractivity contribution is 6.33. The summed E-state index contributed by atoms with van der Waals surface area (Å²) in [7, 11) is 1.54. The van der Waals surface area contributed by atoms with Gasteiger partial charge in [0.2, 0.25) is 0 Å². The molecule has 0 bridgehead atoms. The molecule has 2 rings (SSSR count). The van der Waals surface area contributed by atoms with Crippen LogP contribution in [-0.4, -0.2) is 7.11 Å². The normalized spacial score (nSPS) is 12.1. The summed E-state index contributed by atoms with van der Waals surface area (Å²) in [5.41, 5.74) is 0.839. The molecule has 5 heteroatoms. The van der Waals surface area contributed by atoms with E-state index in [9.17, 15) is 8.78 Å². The van der Waals surface area contributed by atoms with Crippen molar-refractivity contribution < 1.29 is 13.5 Å². The average molecular weight is 298 g/mol. The Morgan fingerprint density at radius 2 is 1.95 bits per heavy atom. The van der Waals surface area contributed by atoms with E-state index in [1.54, 1.807) is 32.2 Å². The molecule has 0 radical (unpaired) electrons. The highest BCUT2D eigenvalue weighted by atomic mass is 35.5. The predicted molar refractivity (Wildman–Crippen MR) is 76.4 cm³/mol. The second-order valence-electron chi connectivity index (χ2n) is 4.35. The topological polar surface area (TPSA) is 21.3 Å². The van der Waals surface area contributed by atoms with Crippen LogP contribution < -0.4 is 10.1 Å². The lowest BCUT2D eigenvalue weighted by Crippen LogP contribution is -2.10. The molecule has 2 aromatic rings. The summed E-state index contributed by atoms with van der Waals surface area (Å²) in [5, 5.41) is 3.53. The highest BCUT2D eigenvalue weighted by Gasteiger charge is 2.15. The molecule has 0 aliphatic heterocycles. The van der Waals surface area contributed by atoms with Gasteiger partial charge in [-0.2, -0.15) is 0 Å². The quantitative estimate of drug-likeness (QED) is 0.875. The largest absolute Gasteiger partial charge is 0.497 e. The van der Waals surface area contributed by atoms with E-state index in [4.69, 9.17) is 16.3 Å². The molecular formula is C15H14ClF2NO. The second-order valence-corrected chi connectivity index (χ2v) is 4.76. The van der Waals surface area contributed by atoms with E-state index in [0.717, 1.165) is 6.07 Å². The van der Waals surface area contributed by atoms with Gasteiger partial charge in [0.1, 0.15) is 5.75 Å².